The Morgan fingerprint density at radius 3 is 2.75 bits per heavy atom. The van der Waals surface area contributed by atoms with Gasteiger partial charge in [0.1, 0.15) is 17.9 Å². The van der Waals surface area contributed by atoms with E-state index >= 15 is 0 Å². The second-order valence-electron chi connectivity index (χ2n) is 6.38. The lowest BCUT2D eigenvalue weighted by Crippen LogP contribution is -2.46. The maximum absolute atomic E-state index is 15.0. The molecule has 0 fully saturated rings. The fourth-order valence-corrected chi connectivity index (χ4v) is 3.77. The molecule has 0 radical (unpaired) electrons. The van der Waals surface area contributed by atoms with Gasteiger partial charge in [-0.2, -0.15) is 22.0 Å². The third-order valence-electron chi connectivity index (χ3n) is 4.65. The van der Waals surface area contributed by atoms with Crippen molar-refractivity contribution in [1.29, 1.82) is 0 Å². The number of amidine groups is 1. The minimum atomic E-state index is -4.80. The second kappa shape index (κ2) is 6.43. The summed E-state index contributed by atoms with van der Waals surface area (Å²) < 4.78 is 90.3. The summed E-state index contributed by atoms with van der Waals surface area (Å²) in [6, 6.07) is 4.74. The van der Waals surface area contributed by atoms with Gasteiger partial charge in [-0.05, 0) is 18.2 Å². The van der Waals surface area contributed by atoms with Gasteiger partial charge >= 0.3 is 12.8 Å². The number of hydrogen-bond acceptors (Lipinski definition) is 4. The lowest BCUT2D eigenvalue weighted by molar-refractivity contribution is -0.0981. The minimum absolute atomic E-state index is 0.285. The van der Waals surface area contributed by atoms with E-state index in [1.807, 2.05) is 0 Å². The third kappa shape index (κ3) is 3.05. The number of rotatable bonds is 2. The normalized spacial score (nSPS) is 26.4. The largest absolute Gasteiger partial charge is 0.490 e. The summed E-state index contributed by atoms with van der Waals surface area (Å²) in [4.78, 5) is 5.23. The van der Waals surface area contributed by atoms with Gasteiger partial charge in [-0.3, -0.25) is 0 Å². The fraction of sp³-hybridized carbons (Fsp3) is 0.353. The van der Waals surface area contributed by atoms with Crippen LogP contribution >= 0.6 is 15.9 Å². The van der Waals surface area contributed by atoms with Gasteiger partial charge in [0.25, 0.3) is 0 Å². The molecule has 0 saturated heterocycles. The molecule has 1 spiro atoms. The standard InChI is InChI=1S/C17H11BrF6N2O2/c18-9-1-2-10-11(4-9)27-6-13(19)16(10)7-26-5-8(17(22,23)24)3-12(14(26)25-16)28-15(20)21/h1-5,13,15H,6-7H2/t13-,16+/m0/s1. The number of halogens is 7. The highest BCUT2D eigenvalue weighted by atomic mass is 79.9. The van der Waals surface area contributed by atoms with E-state index in [0.29, 0.717) is 28.1 Å². The second-order valence-corrected chi connectivity index (χ2v) is 7.29. The smallest absolute Gasteiger partial charge is 0.417 e. The average Bonchev–Trinajstić information content (AvgIpc) is 2.98. The fourth-order valence-electron chi connectivity index (χ4n) is 3.43. The first-order valence-electron chi connectivity index (χ1n) is 7.99. The van der Waals surface area contributed by atoms with Gasteiger partial charge in [-0.1, -0.05) is 22.0 Å². The van der Waals surface area contributed by atoms with Crippen molar-refractivity contribution in [2.24, 2.45) is 4.99 Å². The molecule has 150 valence electrons. The molecule has 28 heavy (non-hydrogen) atoms. The molecule has 4 nitrogen and oxygen atoms in total. The Morgan fingerprint density at radius 1 is 1.32 bits per heavy atom. The summed E-state index contributed by atoms with van der Waals surface area (Å²) in [5.41, 5.74) is -2.49. The van der Waals surface area contributed by atoms with Crippen LogP contribution in [0.15, 0.2) is 51.3 Å². The maximum atomic E-state index is 15.0. The van der Waals surface area contributed by atoms with Crippen LogP contribution in [0, 0.1) is 0 Å². The van der Waals surface area contributed by atoms with Crippen LogP contribution < -0.4 is 4.74 Å². The molecule has 4 rings (SSSR count). The molecule has 0 amide bonds. The quantitative estimate of drug-likeness (QED) is 0.591. The van der Waals surface area contributed by atoms with Crippen molar-refractivity contribution in [3.8, 4) is 5.75 Å². The van der Waals surface area contributed by atoms with E-state index in [0.717, 1.165) is 4.90 Å². The summed E-state index contributed by atoms with van der Waals surface area (Å²) in [5.74, 6) is -0.737. The number of ether oxygens (including phenoxy) is 2. The lowest BCUT2D eigenvalue weighted by Gasteiger charge is -2.36. The van der Waals surface area contributed by atoms with Gasteiger partial charge in [-0.15, -0.1) is 0 Å². The van der Waals surface area contributed by atoms with Crippen LogP contribution in [0.4, 0.5) is 26.3 Å². The molecule has 0 aromatic heterocycles. The zero-order valence-electron chi connectivity index (χ0n) is 13.8. The molecular formula is C17H11BrF6N2O2. The number of hydrogen-bond donors (Lipinski definition) is 0. The van der Waals surface area contributed by atoms with Crippen LogP contribution in [0.3, 0.4) is 0 Å². The Labute approximate surface area is 163 Å². The van der Waals surface area contributed by atoms with Crippen LogP contribution in [0.25, 0.3) is 0 Å². The Bertz CT molecular complexity index is 913. The monoisotopic (exact) mass is 468 g/mol. The third-order valence-corrected chi connectivity index (χ3v) is 5.14. The SMILES string of the molecule is FC(F)OC1=CC(C(F)(F)F)=CN2C[C@@]3(N=C12)c1ccc(Br)cc1OC[C@@H]3F. The Hall–Kier alpha value is -2.17. The molecule has 1 aromatic carbocycles. The highest BCUT2D eigenvalue weighted by Crippen LogP contribution is 2.48. The summed E-state index contributed by atoms with van der Waals surface area (Å²) in [5, 5.41) is 0. The van der Waals surface area contributed by atoms with Gasteiger partial charge in [-0.25, -0.2) is 9.38 Å². The van der Waals surface area contributed by atoms with Crippen molar-refractivity contribution < 1.29 is 35.8 Å². The number of fused-ring (bicyclic) bond motifs is 3. The molecule has 0 N–H and O–H groups in total. The molecule has 3 aliphatic heterocycles. The first kappa shape index (κ1) is 19.2. The maximum Gasteiger partial charge on any atom is 0.417 e. The van der Waals surface area contributed by atoms with Crippen LogP contribution in [0.2, 0.25) is 0 Å². The summed E-state index contributed by atoms with van der Waals surface area (Å²) >= 11 is 3.26. The average molecular weight is 469 g/mol. The molecule has 11 heteroatoms. The van der Waals surface area contributed by atoms with E-state index in [1.54, 1.807) is 18.2 Å². The van der Waals surface area contributed by atoms with Crippen molar-refractivity contribution in [3.63, 3.8) is 0 Å². The molecule has 3 aliphatic rings. The number of alkyl halides is 6. The first-order valence-corrected chi connectivity index (χ1v) is 8.79. The van der Waals surface area contributed by atoms with Crippen LogP contribution in [0.1, 0.15) is 5.56 Å². The molecule has 3 heterocycles. The first-order chi connectivity index (χ1) is 13.1. The van der Waals surface area contributed by atoms with Crippen molar-refractivity contribution in [2.45, 2.75) is 24.5 Å². The number of aliphatic imine (C=N–C) groups is 1. The summed E-state index contributed by atoms with van der Waals surface area (Å²) in [6.07, 6.45) is -5.34. The molecular weight excluding hydrogens is 458 g/mol. The highest BCUT2D eigenvalue weighted by molar-refractivity contribution is 9.10. The van der Waals surface area contributed by atoms with E-state index in [9.17, 15) is 26.3 Å². The topological polar surface area (TPSA) is 34.1 Å². The molecule has 0 aliphatic carbocycles. The van der Waals surface area contributed by atoms with E-state index in [2.05, 4.69) is 25.7 Å². The van der Waals surface area contributed by atoms with Crippen molar-refractivity contribution in [3.05, 3.63) is 51.8 Å². The van der Waals surface area contributed by atoms with E-state index in [4.69, 9.17) is 4.74 Å². The molecule has 0 saturated carbocycles. The van der Waals surface area contributed by atoms with Gasteiger partial charge < -0.3 is 14.4 Å². The zero-order chi connectivity index (χ0) is 20.3. The predicted molar refractivity (Wildman–Crippen MR) is 89.7 cm³/mol. The van der Waals surface area contributed by atoms with E-state index < -0.39 is 35.8 Å². The predicted octanol–water partition coefficient (Wildman–Crippen LogP) is 4.67. The van der Waals surface area contributed by atoms with Gasteiger partial charge in [0.2, 0.25) is 0 Å². The van der Waals surface area contributed by atoms with Crippen LogP contribution in [-0.2, 0) is 10.3 Å². The minimum Gasteiger partial charge on any atom is -0.490 e. The van der Waals surface area contributed by atoms with Gasteiger partial charge in [0.05, 0.1) is 12.1 Å². The van der Waals surface area contributed by atoms with Gasteiger partial charge in [0, 0.05) is 16.2 Å². The van der Waals surface area contributed by atoms with E-state index in [1.165, 1.54) is 0 Å². The Balaban J connectivity index is 1.84. The summed E-state index contributed by atoms with van der Waals surface area (Å²) in [7, 11) is 0. The summed E-state index contributed by atoms with van der Waals surface area (Å²) in [6.45, 7) is -4.05. The van der Waals surface area contributed by atoms with Crippen molar-refractivity contribution >= 4 is 21.8 Å². The van der Waals surface area contributed by atoms with Crippen molar-refractivity contribution in [1.82, 2.24) is 4.90 Å². The molecule has 2 atom stereocenters. The molecule has 0 unspecified atom stereocenters. The van der Waals surface area contributed by atoms with E-state index in [-0.39, 0.29) is 19.0 Å². The molecule has 0 bridgehead atoms. The number of nitrogens with zero attached hydrogens (tertiary/aromatic N) is 2. The van der Waals surface area contributed by atoms with Gasteiger partial charge in [0.15, 0.2) is 17.8 Å². The van der Waals surface area contributed by atoms with Crippen LogP contribution in [-0.4, -0.2) is 42.8 Å². The highest BCUT2D eigenvalue weighted by Gasteiger charge is 2.53. The zero-order valence-corrected chi connectivity index (χ0v) is 15.4. The van der Waals surface area contributed by atoms with Crippen LogP contribution in [0.5, 0.6) is 5.75 Å². The number of benzene rings is 1. The Morgan fingerprint density at radius 2 is 2.07 bits per heavy atom. The Kier molecular flexibility index (Phi) is 4.40. The van der Waals surface area contributed by atoms with Crippen molar-refractivity contribution in [2.75, 3.05) is 13.2 Å². The molecule has 1 aromatic rings. The number of allylic oxidation sites excluding steroid dienone is 2. The lowest BCUT2D eigenvalue weighted by atomic mass is 9.84.